The number of ether oxygens (including phenoxy) is 1. The summed E-state index contributed by atoms with van der Waals surface area (Å²) in [6.45, 7) is 3.34. The van der Waals surface area contributed by atoms with E-state index in [2.05, 4.69) is 33.1 Å². The summed E-state index contributed by atoms with van der Waals surface area (Å²) in [5.74, 6) is 1.10. The Kier molecular flexibility index (Phi) is 4.28. The van der Waals surface area contributed by atoms with Gasteiger partial charge in [0.15, 0.2) is 6.10 Å². The Morgan fingerprint density at radius 2 is 1.96 bits per heavy atom. The van der Waals surface area contributed by atoms with Gasteiger partial charge >= 0.3 is 0 Å². The van der Waals surface area contributed by atoms with Crippen molar-refractivity contribution in [3.63, 3.8) is 0 Å². The fraction of sp³-hybridized carbons (Fsp3) is 0.476. The third-order valence-corrected chi connectivity index (χ3v) is 5.94. The number of anilines is 1. The van der Waals surface area contributed by atoms with E-state index in [0.717, 1.165) is 44.6 Å². The molecular weight excluding hydrogens is 340 g/mol. The Morgan fingerprint density at radius 3 is 2.89 bits per heavy atom. The zero-order valence-electron chi connectivity index (χ0n) is 15.4. The molecule has 1 aliphatic carbocycles. The van der Waals surface area contributed by atoms with E-state index in [1.165, 1.54) is 22.4 Å². The average Bonchev–Trinajstić information content (AvgIpc) is 3.22. The second-order valence-corrected chi connectivity index (χ2v) is 7.56. The van der Waals surface area contributed by atoms with E-state index in [-0.39, 0.29) is 5.91 Å². The van der Waals surface area contributed by atoms with Crippen molar-refractivity contribution < 1.29 is 9.53 Å². The number of carbonyl (C=O) groups is 1. The molecule has 1 unspecified atom stereocenters. The van der Waals surface area contributed by atoms with Crippen LogP contribution < -0.4 is 4.90 Å². The van der Waals surface area contributed by atoms with Crippen molar-refractivity contribution in [1.29, 1.82) is 0 Å². The van der Waals surface area contributed by atoms with Crippen LogP contribution in [-0.4, -0.2) is 53.1 Å². The molecule has 1 amide bonds. The summed E-state index contributed by atoms with van der Waals surface area (Å²) >= 11 is 0. The van der Waals surface area contributed by atoms with E-state index >= 15 is 0 Å². The molecule has 0 saturated carbocycles. The summed E-state index contributed by atoms with van der Waals surface area (Å²) in [6.07, 6.45) is 5.36. The molecule has 0 N–H and O–H groups in total. The Hall–Kier alpha value is -2.47. The lowest BCUT2D eigenvalue weighted by Crippen LogP contribution is -2.52. The van der Waals surface area contributed by atoms with Gasteiger partial charge in [0.25, 0.3) is 5.91 Å². The Bertz CT molecular complexity index is 869. The number of carbonyl (C=O) groups excluding carboxylic acids is 1. The number of morpholine rings is 1. The van der Waals surface area contributed by atoms with E-state index in [1.54, 1.807) is 6.33 Å². The maximum absolute atomic E-state index is 13.1. The minimum Gasteiger partial charge on any atom is -0.365 e. The van der Waals surface area contributed by atoms with Crippen molar-refractivity contribution >= 4 is 11.7 Å². The van der Waals surface area contributed by atoms with Crippen LogP contribution in [0.5, 0.6) is 0 Å². The average molecular weight is 364 g/mol. The first-order chi connectivity index (χ1) is 13.3. The molecule has 27 heavy (non-hydrogen) atoms. The Balaban J connectivity index is 1.32. The van der Waals surface area contributed by atoms with Gasteiger partial charge in [0.05, 0.1) is 13.2 Å². The van der Waals surface area contributed by atoms with Gasteiger partial charge in [-0.2, -0.15) is 0 Å². The lowest BCUT2D eigenvalue weighted by atomic mass is 9.99. The molecule has 1 aromatic heterocycles. The zero-order valence-corrected chi connectivity index (χ0v) is 15.4. The van der Waals surface area contributed by atoms with E-state index < -0.39 is 6.10 Å². The molecule has 3 aliphatic rings. The molecule has 1 saturated heterocycles. The highest BCUT2D eigenvalue weighted by molar-refractivity contribution is 5.82. The van der Waals surface area contributed by atoms with Gasteiger partial charge in [0.2, 0.25) is 0 Å². The summed E-state index contributed by atoms with van der Waals surface area (Å²) in [5.41, 5.74) is 5.03. The highest BCUT2D eigenvalue weighted by atomic mass is 16.5. The molecule has 140 valence electrons. The highest BCUT2D eigenvalue weighted by Gasteiger charge is 2.33. The first kappa shape index (κ1) is 16.7. The molecule has 6 nitrogen and oxygen atoms in total. The standard InChI is InChI=1S/C21H24N4O2/c26-21(25-9-8-15-4-1-2-5-16(15)12-25)19-13-24(10-11-27-19)20-17-6-3-7-18(17)22-14-23-20/h1-2,4-5,14,19H,3,6-13H2. The van der Waals surface area contributed by atoms with Gasteiger partial charge in [-0.15, -0.1) is 0 Å². The van der Waals surface area contributed by atoms with Crippen molar-refractivity contribution in [2.45, 2.75) is 38.3 Å². The molecule has 2 aromatic rings. The van der Waals surface area contributed by atoms with Crippen LogP contribution in [0.1, 0.15) is 28.8 Å². The fourth-order valence-electron chi connectivity index (χ4n) is 4.49. The van der Waals surface area contributed by atoms with Gasteiger partial charge in [-0.3, -0.25) is 4.79 Å². The maximum Gasteiger partial charge on any atom is 0.253 e. The quantitative estimate of drug-likeness (QED) is 0.813. The lowest BCUT2D eigenvalue weighted by Gasteiger charge is -2.37. The predicted octanol–water partition coefficient (Wildman–Crippen LogP) is 1.76. The number of rotatable bonds is 2. The smallest absolute Gasteiger partial charge is 0.253 e. The summed E-state index contributed by atoms with van der Waals surface area (Å²) in [5, 5.41) is 0. The summed E-state index contributed by atoms with van der Waals surface area (Å²) in [6, 6.07) is 8.39. The number of nitrogens with zero attached hydrogens (tertiary/aromatic N) is 4. The molecule has 5 rings (SSSR count). The third-order valence-electron chi connectivity index (χ3n) is 5.94. The van der Waals surface area contributed by atoms with Crippen LogP contribution in [0.4, 0.5) is 5.82 Å². The van der Waals surface area contributed by atoms with Crippen LogP contribution in [-0.2, 0) is 35.3 Å². The van der Waals surface area contributed by atoms with Crippen LogP contribution in [0.25, 0.3) is 0 Å². The van der Waals surface area contributed by atoms with E-state index in [0.29, 0.717) is 19.7 Å². The number of benzene rings is 1. The summed E-state index contributed by atoms with van der Waals surface area (Å²) in [7, 11) is 0. The second kappa shape index (κ2) is 6.93. The number of hydrogen-bond donors (Lipinski definition) is 0. The second-order valence-electron chi connectivity index (χ2n) is 7.56. The van der Waals surface area contributed by atoms with Crippen molar-refractivity contribution in [1.82, 2.24) is 14.9 Å². The minimum atomic E-state index is -0.420. The number of fused-ring (bicyclic) bond motifs is 2. The van der Waals surface area contributed by atoms with E-state index in [1.807, 2.05) is 11.0 Å². The molecule has 6 heteroatoms. The van der Waals surface area contributed by atoms with E-state index in [4.69, 9.17) is 4.74 Å². The molecule has 1 atom stereocenters. The van der Waals surface area contributed by atoms with Gasteiger partial charge in [0, 0.05) is 30.9 Å². The lowest BCUT2D eigenvalue weighted by molar-refractivity contribution is -0.145. The van der Waals surface area contributed by atoms with E-state index in [9.17, 15) is 4.79 Å². The number of aromatic nitrogens is 2. The normalized spacial score (nSPS) is 21.7. The summed E-state index contributed by atoms with van der Waals surface area (Å²) in [4.78, 5) is 26.2. The van der Waals surface area contributed by atoms with Gasteiger partial charge in [-0.1, -0.05) is 24.3 Å². The zero-order chi connectivity index (χ0) is 18.2. The molecule has 1 aromatic carbocycles. The van der Waals surface area contributed by atoms with Crippen LogP contribution in [0.3, 0.4) is 0 Å². The first-order valence-electron chi connectivity index (χ1n) is 9.84. The molecule has 0 spiro atoms. The Labute approximate surface area is 159 Å². The van der Waals surface area contributed by atoms with Crippen LogP contribution in [0.15, 0.2) is 30.6 Å². The fourth-order valence-corrected chi connectivity index (χ4v) is 4.49. The van der Waals surface area contributed by atoms with Crippen molar-refractivity contribution in [3.8, 4) is 0 Å². The van der Waals surface area contributed by atoms with Crippen molar-refractivity contribution in [2.24, 2.45) is 0 Å². The number of hydrogen-bond acceptors (Lipinski definition) is 5. The van der Waals surface area contributed by atoms with Gasteiger partial charge in [-0.05, 0) is 36.8 Å². The van der Waals surface area contributed by atoms with Gasteiger partial charge < -0.3 is 14.5 Å². The molecule has 3 heterocycles. The number of aryl methyl sites for hydroxylation is 1. The maximum atomic E-state index is 13.1. The molecule has 2 aliphatic heterocycles. The SMILES string of the molecule is O=C(C1CN(c2ncnc3c2CCC3)CCO1)N1CCc2ccccc2C1. The third kappa shape index (κ3) is 3.08. The molecule has 0 radical (unpaired) electrons. The monoisotopic (exact) mass is 364 g/mol. The largest absolute Gasteiger partial charge is 0.365 e. The first-order valence-corrected chi connectivity index (χ1v) is 9.84. The molecule has 1 fully saturated rings. The van der Waals surface area contributed by atoms with Crippen molar-refractivity contribution in [3.05, 3.63) is 53.0 Å². The molecular formula is C21H24N4O2. The minimum absolute atomic E-state index is 0.0971. The van der Waals surface area contributed by atoms with Crippen LogP contribution in [0, 0.1) is 0 Å². The van der Waals surface area contributed by atoms with Gasteiger partial charge in [0.1, 0.15) is 12.1 Å². The predicted molar refractivity (Wildman–Crippen MR) is 102 cm³/mol. The highest BCUT2D eigenvalue weighted by Crippen LogP contribution is 2.29. The van der Waals surface area contributed by atoms with Crippen molar-refractivity contribution in [2.75, 3.05) is 31.1 Å². The van der Waals surface area contributed by atoms with Gasteiger partial charge in [-0.25, -0.2) is 9.97 Å². The topological polar surface area (TPSA) is 58.6 Å². The molecule has 0 bridgehead atoms. The number of amides is 1. The summed E-state index contributed by atoms with van der Waals surface area (Å²) < 4.78 is 5.88. The Morgan fingerprint density at radius 1 is 1.07 bits per heavy atom. The van der Waals surface area contributed by atoms with Crippen LogP contribution in [0.2, 0.25) is 0 Å². The van der Waals surface area contributed by atoms with Crippen LogP contribution >= 0.6 is 0 Å².